The lowest BCUT2D eigenvalue weighted by atomic mass is 9.89. The third-order valence-corrected chi connectivity index (χ3v) is 5.04. The van der Waals surface area contributed by atoms with Crippen LogP contribution in [0, 0.1) is 19.8 Å². The van der Waals surface area contributed by atoms with Crippen molar-refractivity contribution in [1.82, 2.24) is 4.90 Å². The number of hydrogen-bond acceptors (Lipinski definition) is 3. The molecule has 2 heterocycles. The van der Waals surface area contributed by atoms with Crippen LogP contribution in [0.15, 0.2) is 18.2 Å². The molecule has 1 N–H and O–H groups in total. The van der Waals surface area contributed by atoms with Crippen LogP contribution in [-0.4, -0.2) is 47.8 Å². The van der Waals surface area contributed by atoms with E-state index in [0.717, 1.165) is 36.1 Å². The molecule has 4 nitrogen and oxygen atoms in total. The van der Waals surface area contributed by atoms with Gasteiger partial charge in [0.1, 0.15) is 0 Å². The van der Waals surface area contributed by atoms with E-state index in [4.69, 9.17) is 4.74 Å². The fourth-order valence-electron chi connectivity index (χ4n) is 3.73. The summed E-state index contributed by atoms with van der Waals surface area (Å²) in [5.74, 6) is 0.145. The summed E-state index contributed by atoms with van der Waals surface area (Å²) in [4.78, 5) is 14.9. The Hall–Kier alpha value is -1.39. The van der Waals surface area contributed by atoms with E-state index in [9.17, 15) is 9.90 Å². The van der Waals surface area contributed by atoms with Crippen molar-refractivity contribution in [3.05, 3.63) is 34.9 Å². The van der Waals surface area contributed by atoms with Crippen LogP contribution >= 0.6 is 0 Å². The fourth-order valence-corrected chi connectivity index (χ4v) is 3.73. The van der Waals surface area contributed by atoms with Crippen LogP contribution in [0.5, 0.6) is 0 Å². The highest BCUT2D eigenvalue weighted by Gasteiger charge is 2.40. The van der Waals surface area contributed by atoms with Gasteiger partial charge in [-0.15, -0.1) is 0 Å². The minimum Gasteiger partial charge on any atom is -0.393 e. The van der Waals surface area contributed by atoms with Crippen molar-refractivity contribution in [3.63, 3.8) is 0 Å². The number of nitrogens with zero attached hydrogens (tertiary/aromatic N) is 1. The molecule has 0 saturated carbocycles. The molecule has 22 heavy (non-hydrogen) atoms. The number of amides is 1. The van der Waals surface area contributed by atoms with Gasteiger partial charge in [0.15, 0.2) is 0 Å². The van der Waals surface area contributed by atoms with Gasteiger partial charge in [-0.05, 0) is 44.7 Å². The number of carbonyl (C=O) groups is 1. The first kappa shape index (κ1) is 15.5. The number of carbonyl (C=O) groups excluding carboxylic acids is 1. The van der Waals surface area contributed by atoms with Crippen LogP contribution in [0.1, 0.15) is 40.7 Å². The Morgan fingerprint density at radius 2 is 2.14 bits per heavy atom. The Kier molecular flexibility index (Phi) is 4.50. The lowest BCUT2D eigenvalue weighted by Crippen LogP contribution is -2.48. The molecule has 4 heteroatoms. The summed E-state index contributed by atoms with van der Waals surface area (Å²) in [6.07, 6.45) is 2.28. The van der Waals surface area contributed by atoms with Gasteiger partial charge in [-0.25, -0.2) is 0 Å². The van der Waals surface area contributed by atoms with Crippen molar-refractivity contribution in [2.24, 2.45) is 5.92 Å². The van der Waals surface area contributed by atoms with E-state index in [-0.39, 0.29) is 24.0 Å². The molecule has 1 amide bonds. The Balaban J connectivity index is 1.83. The summed E-state index contributed by atoms with van der Waals surface area (Å²) in [7, 11) is 0. The van der Waals surface area contributed by atoms with E-state index in [1.165, 1.54) is 0 Å². The first-order valence-electron chi connectivity index (χ1n) is 8.22. The van der Waals surface area contributed by atoms with E-state index < -0.39 is 0 Å². The van der Waals surface area contributed by atoms with E-state index in [1.807, 2.05) is 36.9 Å². The molecule has 3 atom stereocenters. The number of rotatable bonds is 2. The Bertz CT molecular complexity index is 557. The predicted molar refractivity (Wildman–Crippen MR) is 84.9 cm³/mol. The maximum absolute atomic E-state index is 13.0. The zero-order valence-corrected chi connectivity index (χ0v) is 13.4. The molecular weight excluding hydrogens is 278 g/mol. The van der Waals surface area contributed by atoms with Crippen molar-refractivity contribution in [3.8, 4) is 0 Å². The van der Waals surface area contributed by atoms with E-state index in [1.54, 1.807) is 0 Å². The Morgan fingerprint density at radius 3 is 2.91 bits per heavy atom. The van der Waals surface area contributed by atoms with Crippen LogP contribution < -0.4 is 0 Å². The molecule has 3 unspecified atom stereocenters. The molecule has 120 valence electrons. The average molecular weight is 303 g/mol. The third-order valence-electron chi connectivity index (χ3n) is 5.04. The van der Waals surface area contributed by atoms with Gasteiger partial charge in [0.25, 0.3) is 5.91 Å². The van der Waals surface area contributed by atoms with Gasteiger partial charge in [0.05, 0.1) is 12.7 Å². The fraction of sp³-hybridized carbons (Fsp3) is 0.611. The molecule has 1 aromatic carbocycles. The van der Waals surface area contributed by atoms with E-state index in [0.29, 0.717) is 19.6 Å². The topological polar surface area (TPSA) is 49.8 Å². The third kappa shape index (κ3) is 2.90. The maximum Gasteiger partial charge on any atom is 0.254 e. The van der Waals surface area contributed by atoms with Crippen LogP contribution in [0.3, 0.4) is 0 Å². The number of likely N-dealkylation sites (tertiary alicyclic amines) is 1. The minimum absolute atomic E-state index is 0.0466. The van der Waals surface area contributed by atoms with Gasteiger partial charge in [0, 0.05) is 30.7 Å². The van der Waals surface area contributed by atoms with Crippen molar-refractivity contribution >= 4 is 5.91 Å². The molecule has 2 fully saturated rings. The SMILES string of the molecule is Cc1ccc(C)c(C(=O)N2CCCC2C2COCCC2O)c1. The molecule has 0 bridgehead atoms. The second kappa shape index (κ2) is 6.39. The molecule has 0 aliphatic carbocycles. The second-order valence-electron chi connectivity index (χ2n) is 6.62. The van der Waals surface area contributed by atoms with E-state index >= 15 is 0 Å². The first-order chi connectivity index (χ1) is 10.6. The van der Waals surface area contributed by atoms with Crippen molar-refractivity contribution in [2.45, 2.75) is 45.3 Å². The number of ether oxygens (including phenoxy) is 1. The minimum atomic E-state index is -0.356. The number of benzene rings is 1. The van der Waals surface area contributed by atoms with E-state index in [2.05, 4.69) is 0 Å². The lowest BCUT2D eigenvalue weighted by molar-refractivity contribution is -0.0589. The van der Waals surface area contributed by atoms with Crippen molar-refractivity contribution < 1.29 is 14.6 Å². The molecule has 2 saturated heterocycles. The van der Waals surface area contributed by atoms with Crippen molar-refractivity contribution in [1.29, 1.82) is 0 Å². The molecule has 1 aromatic rings. The average Bonchev–Trinajstić information content (AvgIpc) is 2.99. The van der Waals surface area contributed by atoms with Gasteiger partial charge < -0.3 is 14.7 Å². The molecule has 0 spiro atoms. The van der Waals surface area contributed by atoms with Gasteiger partial charge in [-0.1, -0.05) is 17.7 Å². The molecule has 0 aromatic heterocycles. The Morgan fingerprint density at radius 1 is 1.32 bits per heavy atom. The molecule has 2 aliphatic rings. The second-order valence-corrected chi connectivity index (χ2v) is 6.62. The molecular formula is C18H25NO3. The van der Waals surface area contributed by atoms with Crippen LogP contribution in [-0.2, 0) is 4.74 Å². The number of aryl methyl sites for hydroxylation is 2. The van der Waals surface area contributed by atoms with Crippen LogP contribution in [0.2, 0.25) is 0 Å². The Labute approximate surface area is 132 Å². The highest BCUT2D eigenvalue weighted by molar-refractivity contribution is 5.96. The summed E-state index contributed by atoms with van der Waals surface area (Å²) in [5, 5.41) is 10.3. The summed E-state index contributed by atoms with van der Waals surface area (Å²) in [5.41, 5.74) is 2.91. The standard InChI is InChI=1S/C18H25NO3/c1-12-5-6-13(2)14(10-12)18(21)19-8-3-4-16(19)15-11-22-9-7-17(15)20/h5-6,10,15-17,20H,3-4,7-9,11H2,1-2H3. The normalized spacial score (nSPS) is 28.9. The van der Waals surface area contributed by atoms with Gasteiger partial charge >= 0.3 is 0 Å². The first-order valence-corrected chi connectivity index (χ1v) is 8.22. The van der Waals surface area contributed by atoms with Crippen LogP contribution in [0.25, 0.3) is 0 Å². The maximum atomic E-state index is 13.0. The highest BCUT2D eigenvalue weighted by Crippen LogP contribution is 2.31. The van der Waals surface area contributed by atoms with Gasteiger partial charge in [-0.2, -0.15) is 0 Å². The lowest BCUT2D eigenvalue weighted by Gasteiger charge is -2.37. The number of aliphatic hydroxyl groups is 1. The largest absolute Gasteiger partial charge is 0.393 e. The zero-order valence-electron chi connectivity index (χ0n) is 13.4. The summed E-state index contributed by atoms with van der Waals surface area (Å²) in [6.45, 7) is 5.95. The summed E-state index contributed by atoms with van der Waals surface area (Å²) >= 11 is 0. The van der Waals surface area contributed by atoms with Gasteiger partial charge in [0.2, 0.25) is 0 Å². The smallest absolute Gasteiger partial charge is 0.254 e. The predicted octanol–water partition coefficient (Wildman–Crippen LogP) is 2.31. The molecule has 3 rings (SSSR count). The summed E-state index contributed by atoms with van der Waals surface area (Å²) < 4.78 is 5.54. The van der Waals surface area contributed by atoms with Gasteiger partial charge in [-0.3, -0.25) is 4.79 Å². The molecule has 2 aliphatic heterocycles. The quantitative estimate of drug-likeness (QED) is 0.912. The van der Waals surface area contributed by atoms with Crippen molar-refractivity contribution in [2.75, 3.05) is 19.8 Å². The van der Waals surface area contributed by atoms with Crippen LogP contribution in [0.4, 0.5) is 0 Å². The highest BCUT2D eigenvalue weighted by atomic mass is 16.5. The number of hydrogen-bond donors (Lipinski definition) is 1. The molecule has 0 radical (unpaired) electrons. The monoisotopic (exact) mass is 303 g/mol. The zero-order chi connectivity index (χ0) is 15.7. The number of aliphatic hydroxyl groups excluding tert-OH is 1. The summed E-state index contributed by atoms with van der Waals surface area (Å²) in [6, 6.07) is 6.11.